The average molecular weight is 1020 g/mol. The van der Waals surface area contributed by atoms with Crippen LogP contribution in [0.15, 0.2) is 11.6 Å². The number of ether oxygens (including phenoxy) is 10. The summed E-state index contributed by atoms with van der Waals surface area (Å²) in [6.07, 6.45) is -24.1. The van der Waals surface area contributed by atoms with Crippen molar-refractivity contribution in [3.05, 3.63) is 11.6 Å². The highest BCUT2D eigenvalue weighted by Crippen LogP contribution is 2.71. The minimum absolute atomic E-state index is 0.0169. The smallest absolute Gasteiger partial charge is 0.200 e. The molecule has 0 aromatic carbocycles. The maximum Gasteiger partial charge on any atom is 0.200 e. The minimum Gasteiger partial charge on any atom is -0.393 e. The summed E-state index contributed by atoms with van der Waals surface area (Å²) in [4.78, 5) is 0. The summed E-state index contributed by atoms with van der Waals surface area (Å²) in [7, 11) is 0. The largest absolute Gasteiger partial charge is 0.393 e. The highest BCUT2D eigenvalue weighted by molar-refractivity contribution is 5.29. The molecule has 4 aliphatic carbocycles. The quantitative estimate of drug-likeness (QED) is 0.110. The van der Waals surface area contributed by atoms with E-state index >= 15 is 0 Å². The topological polar surface area (TPSA) is 335 Å². The molecular formula is C49H78O22. The standard InChI is InChI=1S/C49H78O22/c1-17-14-64-49(42(61)39(17)68-44-37(59)34(56)31(53)19(3)65-44)18(2)30-28(71-49)13-25-23-8-7-21-11-22(50)12-29(48(21,6)24(23)9-10-47(25,30)5)67-46-41(70-45-38(60)35(57)32(54)20(4)66-45)40(27(52)16-63-46)69-43-36(58)33(55)26(51)15-62-43/h7,17-20,22-46,50-61H,8-16H2,1-6H3. The van der Waals surface area contributed by atoms with E-state index in [9.17, 15) is 61.3 Å². The predicted octanol–water partition coefficient (Wildman–Crippen LogP) is -2.74. The first-order valence-electron chi connectivity index (χ1n) is 25.9. The van der Waals surface area contributed by atoms with Gasteiger partial charge in [-0.3, -0.25) is 0 Å². The Morgan fingerprint density at radius 2 is 1.18 bits per heavy atom. The van der Waals surface area contributed by atoms with Crippen molar-refractivity contribution in [3.63, 3.8) is 0 Å². The predicted molar refractivity (Wildman–Crippen MR) is 238 cm³/mol. The molecule has 12 N–H and O–H groups in total. The number of aliphatic hydroxyl groups is 12. The van der Waals surface area contributed by atoms with Crippen LogP contribution in [0.25, 0.3) is 0 Å². The Morgan fingerprint density at radius 1 is 0.592 bits per heavy atom. The number of fused-ring (bicyclic) bond motifs is 7. The summed E-state index contributed by atoms with van der Waals surface area (Å²) in [5, 5.41) is 131. The van der Waals surface area contributed by atoms with Crippen molar-refractivity contribution >= 4 is 0 Å². The minimum atomic E-state index is -1.77. The maximum atomic E-state index is 12.2. The van der Waals surface area contributed by atoms with Crippen LogP contribution < -0.4 is 0 Å². The second kappa shape index (κ2) is 19.7. The second-order valence-corrected chi connectivity index (χ2v) is 23.2. The molecule has 6 saturated heterocycles. The Balaban J connectivity index is 0.895. The van der Waals surface area contributed by atoms with Gasteiger partial charge in [0.25, 0.3) is 0 Å². The summed E-state index contributed by atoms with van der Waals surface area (Å²) in [5.74, 6) is -1.70. The third-order valence-electron chi connectivity index (χ3n) is 19.2. The molecule has 3 saturated carbocycles. The van der Waals surface area contributed by atoms with Crippen LogP contribution in [0.2, 0.25) is 0 Å². The van der Waals surface area contributed by atoms with Gasteiger partial charge in [0.05, 0.1) is 56.4 Å². The van der Waals surface area contributed by atoms with Gasteiger partial charge in [-0.2, -0.15) is 0 Å². The Kier molecular flexibility index (Phi) is 14.8. The van der Waals surface area contributed by atoms with Crippen molar-refractivity contribution in [1.29, 1.82) is 0 Å². The molecule has 10 aliphatic rings. The maximum absolute atomic E-state index is 12.2. The lowest BCUT2D eigenvalue weighted by Crippen LogP contribution is -2.65. The van der Waals surface area contributed by atoms with Gasteiger partial charge in [-0.25, -0.2) is 0 Å². The molecule has 22 heteroatoms. The van der Waals surface area contributed by atoms with Gasteiger partial charge < -0.3 is 109 Å². The molecule has 32 atom stereocenters. The molecule has 6 heterocycles. The van der Waals surface area contributed by atoms with Gasteiger partial charge in [-0.05, 0) is 75.0 Å². The number of allylic oxidation sites excluding steroid dienone is 1. The van der Waals surface area contributed by atoms with Gasteiger partial charge in [0.15, 0.2) is 30.9 Å². The van der Waals surface area contributed by atoms with Gasteiger partial charge in [0.2, 0.25) is 0 Å². The van der Waals surface area contributed by atoms with Crippen LogP contribution in [0.5, 0.6) is 0 Å². The lowest BCUT2D eigenvalue weighted by Gasteiger charge is -2.61. The van der Waals surface area contributed by atoms with E-state index in [1.165, 1.54) is 6.92 Å². The zero-order valence-electron chi connectivity index (χ0n) is 41.1. The lowest BCUT2D eigenvalue weighted by atomic mass is 9.46. The van der Waals surface area contributed by atoms with E-state index in [-0.39, 0.29) is 66.7 Å². The van der Waals surface area contributed by atoms with Crippen LogP contribution >= 0.6 is 0 Å². The molecule has 71 heavy (non-hydrogen) atoms. The number of rotatable bonds is 8. The SMILES string of the molecule is CC1COC2(OC3CC4C5CC=C6CC(O)CC(OC7OCC(O)C(OC8OCC(O)C(O)C8O)C7OC7OC(C)C(O)C(O)C7O)C6(C)C5CCC4(C)C3C2C)C(O)C1OC1OC(C)C(O)C(O)C1O. The molecule has 0 radical (unpaired) electrons. The Bertz CT molecular complexity index is 1920. The molecule has 22 nitrogen and oxygen atoms in total. The first kappa shape index (κ1) is 53.3. The van der Waals surface area contributed by atoms with E-state index in [0.717, 1.165) is 24.8 Å². The molecular weight excluding hydrogens is 941 g/mol. The molecule has 0 aromatic heterocycles. The first-order chi connectivity index (χ1) is 33.5. The Morgan fingerprint density at radius 3 is 1.85 bits per heavy atom. The van der Waals surface area contributed by atoms with Gasteiger partial charge in [-0.15, -0.1) is 0 Å². The third-order valence-corrected chi connectivity index (χ3v) is 19.2. The van der Waals surface area contributed by atoms with Crippen molar-refractivity contribution in [2.45, 2.75) is 227 Å². The molecule has 0 amide bonds. The second-order valence-electron chi connectivity index (χ2n) is 23.2. The Labute approximate surface area is 412 Å². The van der Waals surface area contributed by atoms with Crippen molar-refractivity contribution in [1.82, 2.24) is 0 Å². The summed E-state index contributed by atoms with van der Waals surface area (Å²) < 4.78 is 62.7. The summed E-state index contributed by atoms with van der Waals surface area (Å²) in [6.45, 7) is 10.9. The lowest BCUT2D eigenvalue weighted by molar-refractivity contribution is -0.382. The van der Waals surface area contributed by atoms with Crippen molar-refractivity contribution < 1.29 is 109 Å². The fraction of sp³-hybridized carbons (Fsp3) is 0.959. The molecule has 9 fully saturated rings. The van der Waals surface area contributed by atoms with Crippen LogP contribution in [-0.4, -0.2) is 228 Å². The van der Waals surface area contributed by atoms with E-state index in [1.54, 1.807) is 6.92 Å². The fourth-order valence-electron chi connectivity index (χ4n) is 15.2. The van der Waals surface area contributed by atoms with Crippen molar-refractivity contribution in [2.24, 2.45) is 46.3 Å². The summed E-state index contributed by atoms with van der Waals surface area (Å²) in [6, 6.07) is 0. The van der Waals surface area contributed by atoms with Crippen LogP contribution in [0, 0.1) is 46.3 Å². The monoisotopic (exact) mass is 1020 g/mol. The normalized spacial score (nSPS) is 59.5. The zero-order valence-corrected chi connectivity index (χ0v) is 41.1. The molecule has 10 rings (SSSR count). The van der Waals surface area contributed by atoms with Gasteiger partial charge in [0.1, 0.15) is 79.4 Å². The van der Waals surface area contributed by atoms with Crippen molar-refractivity contribution in [3.8, 4) is 0 Å². The van der Waals surface area contributed by atoms with E-state index in [1.807, 2.05) is 6.92 Å². The van der Waals surface area contributed by atoms with Crippen LogP contribution in [0.1, 0.15) is 80.1 Å². The molecule has 6 aliphatic heterocycles. The molecule has 406 valence electrons. The molecule has 1 spiro atoms. The highest BCUT2D eigenvalue weighted by Gasteiger charge is 2.72. The van der Waals surface area contributed by atoms with E-state index in [2.05, 4.69) is 26.8 Å². The average Bonchev–Trinajstić information content (AvgIpc) is 3.79. The van der Waals surface area contributed by atoms with Gasteiger partial charge >= 0.3 is 0 Å². The van der Waals surface area contributed by atoms with Crippen LogP contribution in [-0.2, 0) is 47.4 Å². The molecule has 0 bridgehead atoms. The Hall–Kier alpha value is -1.14. The third kappa shape index (κ3) is 8.63. The van der Waals surface area contributed by atoms with Gasteiger partial charge in [0, 0.05) is 23.7 Å². The van der Waals surface area contributed by atoms with Crippen molar-refractivity contribution in [2.75, 3.05) is 19.8 Å². The highest BCUT2D eigenvalue weighted by atomic mass is 16.8. The van der Waals surface area contributed by atoms with E-state index in [0.29, 0.717) is 12.8 Å². The summed E-state index contributed by atoms with van der Waals surface area (Å²) in [5.41, 5.74) is 0.128. The fourth-order valence-corrected chi connectivity index (χ4v) is 15.2. The van der Waals surface area contributed by atoms with Crippen LogP contribution in [0.4, 0.5) is 0 Å². The zero-order chi connectivity index (χ0) is 51.0. The number of hydrogen-bond donors (Lipinski definition) is 12. The first-order valence-corrected chi connectivity index (χ1v) is 25.9. The van der Waals surface area contributed by atoms with E-state index < -0.39 is 153 Å². The molecule has 32 unspecified atom stereocenters. The van der Waals surface area contributed by atoms with Crippen LogP contribution in [0.3, 0.4) is 0 Å². The molecule has 0 aromatic rings. The van der Waals surface area contributed by atoms with Gasteiger partial charge in [-0.1, -0.05) is 39.3 Å². The summed E-state index contributed by atoms with van der Waals surface area (Å²) >= 11 is 0. The number of aliphatic hydroxyl groups excluding tert-OH is 12. The van der Waals surface area contributed by atoms with E-state index in [4.69, 9.17) is 47.4 Å². The number of hydrogen-bond acceptors (Lipinski definition) is 22.